The van der Waals surface area contributed by atoms with Crippen LogP contribution in [0.15, 0.2) is 206 Å². The number of rotatable bonds is 4. The van der Waals surface area contributed by atoms with Crippen LogP contribution in [0.25, 0.3) is 72.5 Å². The monoisotopic (exact) mass is 775 g/mol. The van der Waals surface area contributed by atoms with Gasteiger partial charge in [0.25, 0.3) is 0 Å². The van der Waals surface area contributed by atoms with Crippen molar-refractivity contribution < 1.29 is 0 Å². The number of hydrogen-bond acceptors (Lipinski definition) is 0. The first-order valence-electron chi connectivity index (χ1n) is 21.5. The first-order chi connectivity index (χ1) is 30.0. The van der Waals surface area contributed by atoms with Gasteiger partial charge in [-0.1, -0.05) is 202 Å². The summed E-state index contributed by atoms with van der Waals surface area (Å²) in [5, 5.41) is 2.58. The van der Waals surface area contributed by atoms with Crippen molar-refractivity contribution in [1.82, 2.24) is 4.57 Å². The second kappa shape index (κ2) is 12.5. The minimum atomic E-state index is -0.567. The van der Waals surface area contributed by atoms with E-state index in [-0.39, 0.29) is 5.41 Å². The Balaban J connectivity index is 1.12. The minimum absolute atomic E-state index is 0.0650. The maximum Gasteiger partial charge on any atom is 0.0760 e. The molecule has 1 atom stereocenters. The molecule has 1 aromatic heterocycles. The second-order valence-electron chi connectivity index (χ2n) is 17.5. The molecule has 0 saturated heterocycles. The first kappa shape index (κ1) is 34.4. The summed E-state index contributed by atoms with van der Waals surface area (Å²) in [7, 11) is 0. The van der Waals surface area contributed by atoms with Crippen LogP contribution in [0.2, 0.25) is 0 Å². The number of fused-ring (bicyclic) bond motifs is 15. The summed E-state index contributed by atoms with van der Waals surface area (Å²) >= 11 is 0. The number of hydrogen-bond donors (Lipinski definition) is 0. The molecule has 0 radical (unpaired) electrons. The molecule has 286 valence electrons. The van der Waals surface area contributed by atoms with E-state index in [2.05, 4.69) is 231 Å². The van der Waals surface area contributed by atoms with E-state index in [0.717, 1.165) is 0 Å². The van der Waals surface area contributed by atoms with Crippen LogP contribution in [-0.2, 0) is 10.8 Å². The van der Waals surface area contributed by atoms with Crippen LogP contribution in [0.3, 0.4) is 0 Å². The van der Waals surface area contributed by atoms with Gasteiger partial charge in [0.15, 0.2) is 0 Å². The molecular weight excluding hydrogens is 735 g/mol. The molecule has 0 N–H and O–H groups in total. The maximum atomic E-state index is 2.53. The highest BCUT2D eigenvalue weighted by molar-refractivity contribution is 6.13. The van der Waals surface area contributed by atoms with E-state index in [0.29, 0.717) is 0 Å². The maximum absolute atomic E-state index is 2.53. The van der Waals surface area contributed by atoms with Gasteiger partial charge in [-0.3, -0.25) is 0 Å². The van der Waals surface area contributed by atoms with Gasteiger partial charge in [0.1, 0.15) is 0 Å². The van der Waals surface area contributed by atoms with Gasteiger partial charge in [-0.25, -0.2) is 0 Å². The highest BCUT2D eigenvalue weighted by Gasteiger charge is 2.52. The molecule has 1 spiro atoms. The highest BCUT2D eigenvalue weighted by Crippen LogP contribution is 2.63. The smallest absolute Gasteiger partial charge is 0.0760 e. The van der Waals surface area contributed by atoms with Gasteiger partial charge < -0.3 is 4.57 Å². The van der Waals surface area contributed by atoms with Gasteiger partial charge in [0.2, 0.25) is 0 Å². The number of nitrogens with zero attached hydrogens (tertiary/aromatic N) is 1. The lowest BCUT2D eigenvalue weighted by Gasteiger charge is -2.40. The Morgan fingerprint density at radius 3 is 1.84 bits per heavy atom. The Morgan fingerprint density at radius 2 is 1.00 bits per heavy atom. The van der Waals surface area contributed by atoms with Crippen LogP contribution in [0.1, 0.15) is 63.9 Å². The molecule has 2 heterocycles. The first-order valence-corrected chi connectivity index (χ1v) is 21.5. The molecule has 0 fully saturated rings. The summed E-state index contributed by atoms with van der Waals surface area (Å²) in [5.41, 5.74) is 23.8. The van der Waals surface area contributed by atoms with Crippen molar-refractivity contribution in [2.24, 2.45) is 0 Å². The van der Waals surface area contributed by atoms with Crippen LogP contribution >= 0.6 is 0 Å². The topological polar surface area (TPSA) is 4.93 Å². The fourth-order valence-electron chi connectivity index (χ4n) is 11.7. The van der Waals surface area contributed by atoms with Crippen molar-refractivity contribution in [2.45, 2.75) is 24.7 Å². The molecule has 2 aliphatic carbocycles. The van der Waals surface area contributed by atoms with E-state index in [1.54, 1.807) is 0 Å². The van der Waals surface area contributed by atoms with Gasteiger partial charge in [0, 0.05) is 16.2 Å². The Bertz CT molecular complexity index is 3500. The molecule has 0 bridgehead atoms. The van der Waals surface area contributed by atoms with E-state index in [4.69, 9.17) is 0 Å². The Morgan fingerprint density at radius 1 is 0.426 bits per heavy atom. The van der Waals surface area contributed by atoms with Crippen LogP contribution < -0.4 is 0 Å². The fourth-order valence-corrected chi connectivity index (χ4v) is 11.7. The van der Waals surface area contributed by atoms with E-state index < -0.39 is 5.41 Å². The average molecular weight is 776 g/mol. The molecule has 0 amide bonds. The predicted octanol–water partition coefficient (Wildman–Crippen LogP) is 15.0. The third-order valence-electron chi connectivity index (χ3n) is 14.2. The third kappa shape index (κ3) is 4.50. The standard InChI is InChI=1S/C60H41N/c1-59(2)50-28-11-8-23-43(50)49-37-39(34-35-51(49)59)48(36-38-18-4-3-5-19-38)41-21-7-6-20-40(41)45-25-16-26-46-42-22-9-12-29-52(42)60(57(45)46)53-30-13-15-33-56(53)61-55-32-14-10-24-44(55)47-27-17-31-54(60)58(47)61/h3-37H,1-2H3/b48-36+. The summed E-state index contributed by atoms with van der Waals surface area (Å²) in [5.74, 6) is 0. The molecule has 1 heteroatoms. The zero-order valence-electron chi connectivity index (χ0n) is 34.2. The van der Waals surface area contributed by atoms with Crippen molar-refractivity contribution in [2.75, 3.05) is 0 Å². The number of aromatic nitrogens is 1. The van der Waals surface area contributed by atoms with E-state index in [1.165, 1.54) is 117 Å². The van der Waals surface area contributed by atoms with Gasteiger partial charge in [-0.2, -0.15) is 0 Å². The molecule has 1 nitrogen and oxygen atoms in total. The Hall–Kier alpha value is -7.48. The SMILES string of the molecule is CC1(C)c2ccccc2-c2cc(/C(=C\c3ccccc3)c3ccccc3-c3cccc4c3C3(c5ccccc5-4)c4ccccc4-n4c5ccccc5c5cccc3c54)ccc21. The molecule has 0 saturated carbocycles. The fraction of sp³-hybridized carbons (Fsp3) is 0.0667. The quantitative estimate of drug-likeness (QED) is 0.157. The zero-order chi connectivity index (χ0) is 40.5. The molecule has 10 aromatic rings. The summed E-state index contributed by atoms with van der Waals surface area (Å²) in [4.78, 5) is 0. The summed E-state index contributed by atoms with van der Waals surface area (Å²) in [6.45, 7) is 4.72. The summed E-state index contributed by atoms with van der Waals surface area (Å²) < 4.78 is 2.53. The minimum Gasteiger partial charge on any atom is -0.309 e. The molecule has 9 aromatic carbocycles. The normalized spacial score (nSPS) is 16.3. The van der Waals surface area contributed by atoms with Gasteiger partial charge in [-0.15, -0.1) is 0 Å². The molecule has 61 heavy (non-hydrogen) atoms. The Kier molecular flexibility index (Phi) is 7.06. The van der Waals surface area contributed by atoms with Gasteiger partial charge in [0.05, 0.1) is 22.1 Å². The molecule has 1 unspecified atom stereocenters. The Labute approximate surface area is 356 Å². The van der Waals surface area contributed by atoms with Gasteiger partial charge >= 0.3 is 0 Å². The van der Waals surface area contributed by atoms with Crippen LogP contribution in [0.5, 0.6) is 0 Å². The van der Waals surface area contributed by atoms with E-state index in [1.807, 2.05) is 0 Å². The zero-order valence-corrected chi connectivity index (χ0v) is 34.2. The van der Waals surface area contributed by atoms with Crippen LogP contribution in [0.4, 0.5) is 0 Å². The van der Waals surface area contributed by atoms with Crippen molar-refractivity contribution >= 4 is 33.5 Å². The van der Waals surface area contributed by atoms with Crippen molar-refractivity contribution in [3.05, 3.63) is 256 Å². The predicted molar refractivity (Wildman–Crippen MR) is 254 cm³/mol. The molecule has 3 aliphatic rings. The lowest BCUT2D eigenvalue weighted by molar-refractivity contribution is 0.660. The molecule has 13 rings (SSSR count). The van der Waals surface area contributed by atoms with E-state index in [9.17, 15) is 0 Å². The number of para-hydroxylation sites is 3. The van der Waals surface area contributed by atoms with Crippen molar-refractivity contribution in [3.63, 3.8) is 0 Å². The average Bonchev–Trinajstić information content (AvgIpc) is 3.90. The molecule has 1 aliphatic heterocycles. The van der Waals surface area contributed by atoms with Crippen molar-refractivity contribution in [1.29, 1.82) is 0 Å². The van der Waals surface area contributed by atoms with Crippen LogP contribution in [0, 0.1) is 0 Å². The number of benzene rings is 9. The van der Waals surface area contributed by atoms with Crippen LogP contribution in [-0.4, -0.2) is 4.57 Å². The highest BCUT2D eigenvalue weighted by atomic mass is 15.0. The molecular formula is C60H41N. The van der Waals surface area contributed by atoms with Gasteiger partial charge in [-0.05, 0) is 113 Å². The lowest BCUT2D eigenvalue weighted by Crippen LogP contribution is -2.34. The lowest BCUT2D eigenvalue weighted by atomic mass is 9.64. The second-order valence-corrected chi connectivity index (χ2v) is 17.5. The summed E-state index contributed by atoms with van der Waals surface area (Å²) in [6, 6.07) is 77.5. The largest absolute Gasteiger partial charge is 0.309 e. The third-order valence-corrected chi connectivity index (χ3v) is 14.2. The summed E-state index contributed by atoms with van der Waals surface area (Å²) in [6.07, 6.45) is 2.40. The van der Waals surface area contributed by atoms with Crippen molar-refractivity contribution in [3.8, 4) is 39.1 Å². The van der Waals surface area contributed by atoms with E-state index >= 15 is 0 Å².